The largest absolute Gasteiger partial charge is 0.457 e. The Morgan fingerprint density at radius 1 is 1.09 bits per heavy atom. The van der Waals surface area contributed by atoms with Crippen LogP contribution < -0.4 is 15.0 Å². The summed E-state index contributed by atoms with van der Waals surface area (Å²) in [7, 11) is 0. The highest BCUT2D eigenvalue weighted by atomic mass is 32.2. The number of para-hydroxylation sites is 1. The molecule has 0 spiro atoms. The van der Waals surface area contributed by atoms with Gasteiger partial charge >= 0.3 is 0 Å². The van der Waals surface area contributed by atoms with Gasteiger partial charge in [-0.2, -0.15) is 0 Å². The number of nitrogens with one attached hydrogen (secondary N) is 1. The van der Waals surface area contributed by atoms with Crippen LogP contribution >= 0.6 is 35.3 Å². The molecular formula is C24H18N2O4S3. The Balaban J connectivity index is 1.62. The van der Waals surface area contributed by atoms with Crippen molar-refractivity contribution in [3.8, 4) is 11.5 Å². The van der Waals surface area contributed by atoms with Crippen LogP contribution in [0.2, 0.25) is 0 Å². The van der Waals surface area contributed by atoms with E-state index in [-0.39, 0.29) is 15.8 Å². The van der Waals surface area contributed by atoms with Crippen LogP contribution in [0.4, 0.5) is 5.69 Å². The summed E-state index contributed by atoms with van der Waals surface area (Å²) in [6.45, 7) is 3.38. The van der Waals surface area contributed by atoms with E-state index < -0.39 is 11.8 Å². The van der Waals surface area contributed by atoms with Gasteiger partial charge < -0.3 is 4.74 Å². The Labute approximate surface area is 204 Å². The molecule has 0 saturated carbocycles. The minimum absolute atomic E-state index is 0.00119. The summed E-state index contributed by atoms with van der Waals surface area (Å²) in [5.41, 5.74) is 1.09. The number of thioether (sulfide) groups is 1. The summed E-state index contributed by atoms with van der Waals surface area (Å²) < 4.78 is 6.52. The van der Waals surface area contributed by atoms with Crippen molar-refractivity contribution in [2.24, 2.45) is 0 Å². The highest BCUT2D eigenvalue weighted by Gasteiger charge is 2.34. The van der Waals surface area contributed by atoms with Gasteiger partial charge in [-0.1, -0.05) is 18.2 Å². The van der Waals surface area contributed by atoms with E-state index in [1.54, 1.807) is 24.3 Å². The molecule has 0 unspecified atom stereocenters. The molecule has 6 nitrogen and oxygen atoms in total. The van der Waals surface area contributed by atoms with Crippen LogP contribution in [0.5, 0.6) is 11.5 Å². The van der Waals surface area contributed by atoms with Crippen molar-refractivity contribution < 1.29 is 19.1 Å². The number of hydrogen-bond acceptors (Lipinski definition) is 7. The molecule has 2 aromatic carbocycles. The van der Waals surface area contributed by atoms with Crippen molar-refractivity contribution in [1.29, 1.82) is 0 Å². The Hall–Kier alpha value is -3.27. The zero-order chi connectivity index (χ0) is 23.5. The van der Waals surface area contributed by atoms with Crippen LogP contribution in [0.15, 0.2) is 70.4 Å². The first-order chi connectivity index (χ1) is 15.8. The fraction of sp³-hybridized carbons (Fsp3) is 0.0833. The molecule has 1 saturated heterocycles. The summed E-state index contributed by atoms with van der Waals surface area (Å²) in [4.78, 5) is 39.7. The van der Waals surface area contributed by atoms with Gasteiger partial charge in [-0.15, -0.1) is 11.3 Å². The van der Waals surface area contributed by atoms with E-state index in [9.17, 15) is 14.4 Å². The van der Waals surface area contributed by atoms with Gasteiger partial charge in [-0.25, -0.2) is 0 Å². The van der Waals surface area contributed by atoms with Crippen LogP contribution in [-0.4, -0.2) is 22.0 Å². The van der Waals surface area contributed by atoms with Gasteiger partial charge in [0.1, 0.15) is 17.1 Å². The van der Waals surface area contributed by atoms with E-state index in [0.717, 1.165) is 20.8 Å². The number of nitrogens with zero attached hydrogens (tertiary/aromatic N) is 1. The molecular weight excluding hydrogens is 476 g/mol. The number of thiocarbonyl (C=S) groups is 1. The van der Waals surface area contributed by atoms with Crippen LogP contribution in [0.1, 0.15) is 17.4 Å². The quantitative estimate of drug-likeness (QED) is 0.224. The van der Waals surface area contributed by atoms with E-state index in [1.165, 1.54) is 29.2 Å². The molecule has 1 N–H and O–H groups in total. The molecule has 2 amide bonds. The van der Waals surface area contributed by atoms with Crippen molar-refractivity contribution >= 4 is 69.1 Å². The lowest BCUT2D eigenvalue weighted by Gasteiger charge is -2.29. The molecule has 2 heterocycles. The molecule has 0 radical (unpaired) electrons. The lowest BCUT2D eigenvalue weighted by Crippen LogP contribution is -2.54. The second-order valence-electron chi connectivity index (χ2n) is 7.06. The Bertz CT molecular complexity index is 1280. The standard InChI is InChI=1S/C24H18N2O4S3/c1-14-12-16(23(32-14)33-15(2)27)13-20-21(28)25-24(31)26(22(20)29)17-8-10-19(11-9-17)30-18-6-4-3-5-7-18/h3-13H,1-2H3,(H,25,28,31). The number of ether oxygens (including phenoxy) is 1. The molecule has 1 fully saturated rings. The smallest absolute Gasteiger partial charge is 0.270 e. The van der Waals surface area contributed by atoms with Crippen LogP contribution in [0.25, 0.3) is 6.08 Å². The van der Waals surface area contributed by atoms with Crippen LogP contribution in [0, 0.1) is 6.92 Å². The predicted molar refractivity (Wildman–Crippen MR) is 135 cm³/mol. The van der Waals surface area contributed by atoms with Gasteiger partial charge in [0.15, 0.2) is 10.2 Å². The number of hydrogen-bond donors (Lipinski definition) is 1. The monoisotopic (exact) mass is 494 g/mol. The Morgan fingerprint density at radius 3 is 2.42 bits per heavy atom. The topological polar surface area (TPSA) is 75.7 Å². The van der Waals surface area contributed by atoms with E-state index in [0.29, 0.717) is 22.7 Å². The molecule has 0 aliphatic carbocycles. The third-order valence-corrected chi connectivity index (χ3v) is 6.91. The summed E-state index contributed by atoms with van der Waals surface area (Å²) in [6.07, 6.45) is 1.51. The third-order valence-electron chi connectivity index (χ3n) is 4.56. The number of carbonyl (C=O) groups is 3. The maximum absolute atomic E-state index is 13.3. The van der Waals surface area contributed by atoms with E-state index in [1.807, 2.05) is 43.3 Å². The molecule has 9 heteroatoms. The first-order valence-electron chi connectivity index (χ1n) is 9.85. The number of anilines is 1. The SMILES string of the molecule is CC(=O)Sc1sc(C)cc1C=C1C(=O)NC(=S)N(c2ccc(Oc3ccccc3)cc2)C1=O. The van der Waals surface area contributed by atoms with Crippen LogP contribution in [0.3, 0.4) is 0 Å². The number of benzene rings is 2. The van der Waals surface area contributed by atoms with Crippen molar-refractivity contribution in [2.75, 3.05) is 4.90 Å². The average molecular weight is 495 g/mol. The second kappa shape index (κ2) is 9.70. The zero-order valence-corrected chi connectivity index (χ0v) is 20.1. The number of thiophene rings is 1. The fourth-order valence-corrected chi connectivity index (χ4v) is 5.56. The molecule has 4 rings (SSSR count). The molecule has 0 atom stereocenters. The van der Waals surface area contributed by atoms with Gasteiger partial charge in [0.25, 0.3) is 11.8 Å². The molecule has 1 aliphatic heterocycles. The Morgan fingerprint density at radius 2 is 1.76 bits per heavy atom. The van der Waals surface area contributed by atoms with Gasteiger partial charge in [0.2, 0.25) is 0 Å². The molecule has 166 valence electrons. The van der Waals surface area contributed by atoms with Crippen molar-refractivity contribution in [2.45, 2.75) is 18.1 Å². The zero-order valence-electron chi connectivity index (χ0n) is 17.7. The first kappa shape index (κ1) is 22.9. The number of rotatable bonds is 5. The molecule has 33 heavy (non-hydrogen) atoms. The number of carbonyl (C=O) groups excluding carboxylic acids is 3. The van der Waals surface area contributed by atoms with Gasteiger partial charge in [0.05, 0.1) is 9.90 Å². The van der Waals surface area contributed by atoms with Crippen molar-refractivity contribution in [1.82, 2.24) is 5.32 Å². The highest BCUT2D eigenvalue weighted by molar-refractivity contribution is 8.15. The summed E-state index contributed by atoms with van der Waals surface area (Å²) in [5, 5.41) is 2.50. The lowest BCUT2D eigenvalue weighted by molar-refractivity contribution is -0.122. The highest BCUT2D eigenvalue weighted by Crippen LogP contribution is 2.34. The van der Waals surface area contributed by atoms with E-state index in [4.69, 9.17) is 17.0 Å². The molecule has 3 aromatic rings. The summed E-state index contributed by atoms with van der Waals surface area (Å²) in [6, 6.07) is 18.0. The average Bonchev–Trinajstić information content (AvgIpc) is 3.11. The lowest BCUT2D eigenvalue weighted by atomic mass is 10.1. The fourth-order valence-electron chi connectivity index (χ4n) is 3.16. The minimum atomic E-state index is -0.576. The normalized spacial score (nSPS) is 15.0. The minimum Gasteiger partial charge on any atom is -0.457 e. The third kappa shape index (κ3) is 5.22. The predicted octanol–water partition coefficient (Wildman–Crippen LogP) is 5.32. The molecule has 0 bridgehead atoms. The van der Waals surface area contributed by atoms with Crippen molar-refractivity contribution in [3.63, 3.8) is 0 Å². The van der Waals surface area contributed by atoms with Crippen molar-refractivity contribution in [3.05, 3.63) is 76.7 Å². The number of amides is 2. The van der Waals surface area contributed by atoms with Crippen LogP contribution in [-0.2, 0) is 14.4 Å². The van der Waals surface area contributed by atoms with E-state index in [2.05, 4.69) is 5.32 Å². The molecule has 1 aliphatic rings. The summed E-state index contributed by atoms with van der Waals surface area (Å²) in [5.74, 6) is 0.174. The van der Waals surface area contributed by atoms with E-state index >= 15 is 0 Å². The Kier molecular flexibility index (Phi) is 6.73. The maximum Gasteiger partial charge on any atom is 0.270 e. The summed E-state index contributed by atoms with van der Waals surface area (Å²) >= 11 is 7.78. The molecule has 1 aromatic heterocycles. The number of aryl methyl sites for hydroxylation is 1. The van der Waals surface area contributed by atoms with Gasteiger partial charge in [0, 0.05) is 17.4 Å². The maximum atomic E-state index is 13.3. The second-order valence-corrected chi connectivity index (χ2v) is 10.1. The first-order valence-corrected chi connectivity index (χ1v) is 11.9. The van der Waals surface area contributed by atoms with Gasteiger partial charge in [-0.3, -0.25) is 24.6 Å². The van der Waals surface area contributed by atoms with Gasteiger partial charge in [-0.05, 0) is 79.4 Å².